The van der Waals surface area contributed by atoms with Crippen LogP contribution < -0.4 is 0 Å². The lowest BCUT2D eigenvalue weighted by Gasteiger charge is -2.09. The third-order valence-electron chi connectivity index (χ3n) is 4.15. The van der Waals surface area contributed by atoms with E-state index < -0.39 is 21.8 Å². The van der Waals surface area contributed by atoms with Crippen molar-refractivity contribution in [1.29, 1.82) is 0 Å². The van der Waals surface area contributed by atoms with Crippen LogP contribution >= 0.6 is 0 Å². The Morgan fingerprint density at radius 2 is 1.62 bits per heavy atom. The first-order chi connectivity index (χ1) is 13.8. The fourth-order valence-electron chi connectivity index (χ4n) is 2.71. The molecule has 0 saturated heterocycles. The second-order valence-corrected chi connectivity index (χ2v) is 7.80. The van der Waals surface area contributed by atoms with Crippen molar-refractivity contribution in [1.82, 2.24) is 14.3 Å². The zero-order chi connectivity index (χ0) is 20.6. The van der Waals surface area contributed by atoms with Crippen molar-refractivity contribution in [2.75, 3.05) is 0 Å². The largest absolute Gasteiger partial charge is 0.416 e. The quantitative estimate of drug-likeness (QED) is 0.488. The molecule has 0 bridgehead atoms. The van der Waals surface area contributed by atoms with Crippen LogP contribution in [-0.2, 0) is 16.2 Å². The van der Waals surface area contributed by atoms with E-state index in [1.165, 1.54) is 12.3 Å². The summed E-state index contributed by atoms with van der Waals surface area (Å²) in [6, 6.07) is 15.3. The summed E-state index contributed by atoms with van der Waals surface area (Å²) in [6.45, 7) is 0. The van der Waals surface area contributed by atoms with Gasteiger partial charge in [-0.2, -0.15) is 26.7 Å². The number of rotatable bonds is 4. The van der Waals surface area contributed by atoms with Crippen LogP contribution in [0.15, 0.2) is 82.3 Å². The monoisotopic (exact) mass is 419 g/mol. The number of hydrogen-bond donors (Lipinski definition) is 0. The zero-order valence-corrected chi connectivity index (χ0v) is 15.4. The first kappa shape index (κ1) is 18.9. The van der Waals surface area contributed by atoms with Gasteiger partial charge in [0.25, 0.3) is 10.0 Å². The molecule has 0 unspecified atom stereocenters. The van der Waals surface area contributed by atoms with Gasteiger partial charge >= 0.3 is 6.18 Å². The van der Waals surface area contributed by atoms with Crippen molar-refractivity contribution >= 4 is 10.0 Å². The maximum Gasteiger partial charge on any atom is 0.416 e. The van der Waals surface area contributed by atoms with Gasteiger partial charge in [0.2, 0.25) is 0 Å². The summed E-state index contributed by atoms with van der Waals surface area (Å²) >= 11 is 0. The van der Waals surface area contributed by atoms with Crippen LogP contribution in [0.4, 0.5) is 13.2 Å². The van der Waals surface area contributed by atoms with Crippen LogP contribution in [0.1, 0.15) is 5.56 Å². The van der Waals surface area contributed by atoms with Gasteiger partial charge in [-0.15, -0.1) is 4.09 Å². The molecule has 0 N–H and O–H groups in total. The average molecular weight is 419 g/mol. The number of aromatic nitrogens is 3. The third kappa shape index (κ3) is 3.54. The van der Waals surface area contributed by atoms with Gasteiger partial charge in [-0.1, -0.05) is 35.5 Å². The lowest BCUT2D eigenvalue weighted by molar-refractivity contribution is -0.137. The maximum absolute atomic E-state index is 12.9. The standard InChI is InChI=1S/C19H12F3N3O3S/c20-19(21,22)14-6-8-15(9-7-14)29(26,27)25-17(10-11-23-25)18-12-16(24-28-18)13-4-2-1-3-5-13/h1-12H. The molecule has 6 nitrogen and oxygen atoms in total. The van der Waals surface area contributed by atoms with Crippen LogP contribution in [0.5, 0.6) is 0 Å². The topological polar surface area (TPSA) is 78.0 Å². The Kier molecular flexibility index (Phi) is 4.50. The minimum absolute atomic E-state index is 0.0968. The molecule has 148 valence electrons. The summed E-state index contributed by atoms with van der Waals surface area (Å²) in [5.74, 6) is 0.150. The predicted molar refractivity (Wildman–Crippen MR) is 97.2 cm³/mol. The molecule has 2 aromatic heterocycles. The van der Waals surface area contributed by atoms with Crippen molar-refractivity contribution in [2.24, 2.45) is 0 Å². The van der Waals surface area contributed by atoms with Gasteiger partial charge in [0, 0.05) is 11.6 Å². The van der Waals surface area contributed by atoms with E-state index in [-0.39, 0.29) is 16.3 Å². The van der Waals surface area contributed by atoms with E-state index in [1.807, 2.05) is 30.3 Å². The number of halogens is 3. The second kappa shape index (κ2) is 6.89. The van der Waals surface area contributed by atoms with Gasteiger partial charge in [0.1, 0.15) is 11.4 Å². The molecule has 0 aliphatic rings. The maximum atomic E-state index is 12.9. The molecular formula is C19H12F3N3O3S. The average Bonchev–Trinajstić information content (AvgIpc) is 3.38. The number of hydrogen-bond acceptors (Lipinski definition) is 5. The molecule has 0 saturated carbocycles. The fourth-order valence-corrected chi connectivity index (χ4v) is 3.98. The molecule has 4 aromatic rings. The van der Waals surface area contributed by atoms with E-state index in [1.54, 1.807) is 6.07 Å². The summed E-state index contributed by atoms with van der Waals surface area (Å²) in [5, 5.41) is 7.75. The molecule has 0 aliphatic heterocycles. The lowest BCUT2D eigenvalue weighted by Crippen LogP contribution is -2.16. The number of nitrogens with zero attached hydrogens (tertiary/aromatic N) is 3. The SMILES string of the molecule is O=S(=O)(c1ccc(C(F)(F)F)cc1)n1nccc1-c1cc(-c2ccccc2)no1. The van der Waals surface area contributed by atoms with Gasteiger partial charge in [-0.25, -0.2) is 0 Å². The summed E-state index contributed by atoms with van der Waals surface area (Å²) < 4.78 is 69.9. The van der Waals surface area contributed by atoms with E-state index in [9.17, 15) is 21.6 Å². The van der Waals surface area contributed by atoms with Gasteiger partial charge in [-0.05, 0) is 30.3 Å². The van der Waals surface area contributed by atoms with Gasteiger partial charge < -0.3 is 4.52 Å². The van der Waals surface area contributed by atoms with Crippen LogP contribution in [0.3, 0.4) is 0 Å². The van der Waals surface area contributed by atoms with Crippen LogP contribution in [0.25, 0.3) is 22.7 Å². The van der Waals surface area contributed by atoms with Gasteiger partial charge in [0.15, 0.2) is 5.76 Å². The molecule has 29 heavy (non-hydrogen) atoms. The molecule has 0 aliphatic carbocycles. The van der Waals surface area contributed by atoms with Crippen molar-refractivity contribution in [3.8, 4) is 22.7 Å². The molecule has 0 amide bonds. The highest BCUT2D eigenvalue weighted by atomic mass is 32.2. The Balaban J connectivity index is 1.72. The first-order valence-electron chi connectivity index (χ1n) is 8.26. The van der Waals surface area contributed by atoms with Gasteiger partial charge in [-0.3, -0.25) is 0 Å². The first-order valence-corrected chi connectivity index (χ1v) is 9.70. The van der Waals surface area contributed by atoms with E-state index in [0.29, 0.717) is 21.9 Å². The van der Waals surface area contributed by atoms with Crippen molar-refractivity contribution in [3.05, 3.63) is 78.5 Å². The summed E-state index contributed by atoms with van der Waals surface area (Å²) in [5.41, 5.74) is 0.430. The Morgan fingerprint density at radius 1 is 0.931 bits per heavy atom. The second-order valence-electron chi connectivity index (χ2n) is 6.03. The summed E-state index contributed by atoms with van der Waals surface area (Å²) in [4.78, 5) is -0.335. The minimum Gasteiger partial charge on any atom is -0.354 e. The normalized spacial score (nSPS) is 12.2. The molecule has 2 aromatic carbocycles. The predicted octanol–water partition coefficient (Wildman–Crippen LogP) is 4.46. The van der Waals surface area contributed by atoms with Gasteiger partial charge in [0.05, 0.1) is 16.7 Å². The molecule has 0 spiro atoms. The molecule has 0 radical (unpaired) electrons. The highest BCUT2D eigenvalue weighted by molar-refractivity contribution is 7.90. The van der Waals surface area contributed by atoms with E-state index in [2.05, 4.69) is 10.3 Å². The molecule has 0 atom stereocenters. The fraction of sp³-hybridized carbons (Fsp3) is 0.0526. The molecular weight excluding hydrogens is 407 g/mol. The van der Waals surface area contributed by atoms with E-state index in [4.69, 9.17) is 4.52 Å². The third-order valence-corrected chi connectivity index (χ3v) is 5.76. The van der Waals surface area contributed by atoms with Crippen molar-refractivity contribution < 1.29 is 26.1 Å². The highest BCUT2D eigenvalue weighted by Gasteiger charge is 2.31. The van der Waals surface area contributed by atoms with Crippen LogP contribution in [-0.4, -0.2) is 22.8 Å². The van der Waals surface area contributed by atoms with Crippen LogP contribution in [0, 0.1) is 0 Å². The smallest absolute Gasteiger partial charge is 0.354 e. The summed E-state index contributed by atoms with van der Waals surface area (Å²) in [6.07, 6.45) is -3.31. The molecule has 2 heterocycles. The lowest BCUT2D eigenvalue weighted by atomic mass is 10.1. The molecule has 10 heteroatoms. The summed E-state index contributed by atoms with van der Waals surface area (Å²) in [7, 11) is -4.24. The van der Waals surface area contributed by atoms with Crippen molar-refractivity contribution in [3.63, 3.8) is 0 Å². The Labute approximate surface area is 163 Å². The van der Waals surface area contributed by atoms with Crippen LogP contribution in [0.2, 0.25) is 0 Å². The van der Waals surface area contributed by atoms with E-state index in [0.717, 1.165) is 17.7 Å². The highest BCUT2D eigenvalue weighted by Crippen LogP contribution is 2.31. The Bertz CT molecular complexity index is 1250. The molecule has 0 fully saturated rings. The Morgan fingerprint density at radius 3 is 2.28 bits per heavy atom. The van der Waals surface area contributed by atoms with E-state index >= 15 is 0 Å². The zero-order valence-electron chi connectivity index (χ0n) is 14.5. The number of alkyl halides is 3. The minimum atomic E-state index is -4.56. The molecule has 4 rings (SSSR count). The van der Waals surface area contributed by atoms with Crippen molar-refractivity contribution in [2.45, 2.75) is 11.1 Å². The number of benzene rings is 2. The Hall–Kier alpha value is -3.40.